The summed E-state index contributed by atoms with van der Waals surface area (Å²) in [4.78, 5) is 23.5. The minimum Gasteiger partial charge on any atom is -0.480 e. The predicted octanol–water partition coefficient (Wildman–Crippen LogP) is -0.425. The molecule has 0 aromatic heterocycles. The maximum atomic E-state index is 11.4. The molecule has 14 heavy (non-hydrogen) atoms. The van der Waals surface area contributed by atoms with Crippen LogP contribution in [0.2, 0.25) is 0 Å². The van der Waals surface area contributed by atoms with Gasteiger partial charge in [-0.15, -0.1) is 6.58 Å². The van der Waals surface area contributed by atoms with E-state index in [0.29, 0.717) is 6.54 Å². The highest BCUT2D eigenvalue weighted by Crippen LogP contribution is 2.15. The van der Waals surface area contributed by atoms with Crippen molar-refractivity contribution in [2.45, 2.75) is 24.9 Å². The number of carbonyl (C=O) groups excluding carboxylic acids is 1. The smallest absolute Gasteiger partial charge is 0.326 e. The van der Waals surface area contributed by atoms with Crippen LogP contribution in [0, 0.1) is 0 Å². The Hall–Kier alpha value is -1.36. The fraction of sp³-hybridized carbons (Fsp3) is 0.556. The van der Waals surface area contributed by atoms with Gasteiger partial charge in [0.2, 0.25) is 5.91 Å². The Kier molecular flexibility index (Phi) is 3.24. The first-order valence-corrected chi connectivity index (χ1v) is 4.45. The Bertz CT molecular complexity index is 265. The highest BCUT2D eigenvalue weighted by Gasteiger charge is 2.35. The molecule has 1 saturated heterocycles. The number of hydrogen-bond donors (Lipinski definition) is 2. The molecule has 0 radical (unpaired) electrons. The molecule has 1 rings (SSSR count). The van der Waals surface area contributed by atoms with E-state index in [-0.39, 0.29) is 24.8 Å². The second kappa shape index (κ2) is 4.23. The van der Waals surface area contributed by atoms with Crippen molar-refractivity contribution >= 4 is 11.9 Å². The summed E-state index contributed by atoms with van der Waals surface area (Å²) in [5, 5.41) is 8.89. The third kappa shape index (κ3) is 2.11. The molecule has 2 atom stereocenters. The van der Waals surface area contributed by atoms with Gasteiger partial charge in [0.1, 0.15) is 6.04 Å². The van der Waals surface area contributed by atoms with E-state index in [1.54, 1.807) is 0 Å². The molecule has 1 aliphatic heterocycles. The molecular formula is C9H14N2O3. The fourth-order valence-corrected chi connectivity index (χ4v) is 1.58. The van der Waals surface area contributed by atoms with E-state index >= 15 is 0 Å². The third-order valence-corrected chi connectivity index (χ3v) is 2.24. The van der Waals surface area contributed by atoms with E-state index in [4.69, 9.17) is 10.8 Å². The van der Waals surface area contributed by atoms with Crippen molar-refractivity contribution in [3.63, 3.8) is 0 Å². The largest absolute Gasteiger partial charge is 0.480 e. The van der Waals surface area contributed by atoms with Gasteiger partial charge in [0.15, 0.2) is 0 Å². The van der Waals surface area contributed by atoms with E-state index in [1.165, 1.54) is 11.0 Å². The molecule has 0 bridgehead atoms. The van der Waals surface area contributed by atoms with E-state index in [9.17, 15) is 9.59 Å². The second-order valence-electron chi connectivity index (χ2n) is 3.39. The Balaban J connectivity index is 2.73. The number of likely N-dealkylation sites (tertiary alicyclic amines) is 1. The standard InChI is InChI=1S/C9H14N2O3/c1-2-3-7(9(13)14)11-5-6(10)4-8(11)12/h2,6-7H,1,3-5,10H2,(H,13,14)/t6?,7-/m0/s1. The lowest BCUT2D eigenvalue weighted by molar-refractivity contribution is -0.148. The Morgan fingerprint density at radius 3 is 2.86 bits per heavy atom. The molecule has 0 aromatic rings. The van der Waals surface area contributed by atoms with Gasteiger partial charge in [-0.1, -0.05) is 6.08 Å². The lowest BCUT2D eigenvalue weighted by atomic mass is 10.2. The molecule has 0 spiro atoms. The van der Waals surface area contributed by atoms with Crippen LogP contribution in [-0.4, -0.2) is 40.5 Å². The topological polar surface area (TPSA) is 83.6 Å². The molecule has 5 nitrogen and oxygen atoms in total. The zero-order chi connectivity index (χ0) is 10.7. The van der Waals surface area contributed by atoms with Crippen molar-refractivity contribution in [2.75, 3.05) is 6.54 Å². The molecule has 78 valence electrons. The zero-order valence-electron chi connectivity index (χ0n) is 7.85. The fourth-order valence-electron chi connectivity index (χ4n) is 1.58. The number of carbonyl (C=O) groups is 2. The molecule has 5 heteroatoms. The molecule has 3 N–H and O–H groups in total. The lowest BCUT2D eigenvalue weighted by Crippen LogP contribution is -2.42. The molecule has 1 aliphatic rings. The van der Waals surface area contributed by atoms with E-state index in [1.807, 2.05) is 0 Å². The summed E-state index contributed by atoms with van der Waals surface area (Å²) in [6, 6.07) is -1.05. The van der Waals surface area contributed by atoms with Gasteiger partial charge in [0.25, 0.3) is 0 Å². The first kappa shape index (κ1) is 10.7. The molecule has 1 heterocycles. The molecular weight excluding hydrogens is 184 g/mol. The highest BCUT2D eigenvalue weighted by atomic mass is 16.4. The number of carboxylic acid groups (broad SMARTS) is 1. The van der Waals surface area contributed by atoms with Crippen LogP contribution in [0.5, 0.6) is 0 Å². The van der Waals surface area contributed by atoms with Gasteiger partial charge in [-0.05, 0) is 6.42 Å². The van der Waals surface area contributed by atoms with Gasteiger partial charge >= 0.3 is 5.97 Å². The van der Waals surface area contributed by atoms with Crippen molar-refractivity contribution in [1.82, 2.24) is 4.90 Å². The molecule has 1 unspecified atom stereocenters. The summed E-state index contributed by atoms with van der Waals surface area (Å²) in [6.07, 6.45) is 1.99. The van der Waals surface area contributed by atoms with Crippen LogP contribution in [0.4, 0.5) is 0 Å². The zero-order valence-corrected chi connectivity index (χ0v) is 7.85. The third-order valence-electron chi connectivity index (χ3n) is 2.24. The maximum Gasteiger partial charge on any atom is 0.326 e. The second-order valence-corrected chi connectivity index (χ2v) is 3.39. The average molecular weight is 198 g/mol. The normalized spacial score (nSPS) is 23.6. The Labute approximate surface area is 82.2 Å². The van der Waals surface area contributed by atoms with Crippen LogP contribution in [0.3, 0.4) is 0 Å². The van der Waals surface area contributed by atoms with Gasteiger partial charge in [-0.25, -0.2) is 4.79 Å². The monoisotopic (exact) mass is 198 g/mol. The highest BCUT2D eigenvalue weighted by molar-refractivity contribution is 5.85. The molecule has 0 aliphatic carbocycles. The summed E-state index contributed by atoms with van der Waals surface area (Å²) >= 11 is 0. The lowest BCUT2D eigenvalue weighted by Gasteiger charge is -2.23. The number of aliphatic carboxylic acids is 1. The van der Waals surface area contributed by atoms with Crippen molar-refractivity contribution in [1.29, 1.82) is 0 Å². The molecule has 1 fully saturated rings. The minimum absolute atomic E-state index is 0.188. The van der Waals surface area contributed by atoms with Gasteiger partial charge in [-0.2, -0.15) is 0 Å². The number of nitrogens with two attached hydrogens (primary N) is 1. The molecule has 0 aromatic carbocycles. The minimum atomic E-state index is -1.01. The van der Waals surface area contributed by atoms with Crippen molar-refractivity contribution in [3.05, 3.63) is 12.7 Å². The molecule has 0 saturated carbocycles. The average Bonchev–Trinajstić information content (AvgIpc) is 2.40. The number of nitrogens with zero attached hydrogens (tertiary/aromatic N) is 1. The van der Waals surface area contributed by atoms with Crippen molar-refractivity contribution < 1.29 is 14.7 Å². The van der Waals surface area contributed by atoms with Crippen LogP contribution < -0.4 is 5.73 Å². The van der Waals surface area contributed by atoms with Gasteiger partial charge in [-0.3, -0.25) is 4.79 Å². The first-order chi connectivity index (χ1) is 6.56. The predicted molar refractivity (Wildman–Crippen MR) is 50.5 cm³/mol. The van der Waals surface area contributed by atoms with Crippen LogP contribution >= 0.6 is 0 Å². The van der Waals surface area contributed by atoms with Gasteiger partial charge in [0.05, 0.1) is 0 Å². The van der Waals surface area contributed by atoms with E-state index < -0.39 is 12.0 Å². The number of carboxylic acids is 1. The Morgan fingerprint density at radius 1 is 1.86 bits per heavy atom. The quantitative estimate of drug-likeness (QED) is 0.601. The number of rotatable bonds is 4. The number of amides is 1. The first-order valence-electron chi connectivity index (χ1n) is 4.45. The summed E-state index contributed by atoms with van der Waals surface area (Å²) in [5.74, 6) is -1.20. The van der Waals surface area contributed by atoms with E-state index in [2.05, 4.69) is 6.58 Å². The summed E-state index contributed by atoms with van der Waals surface area (Å²) in [6.45, 7) is 3.79. The van der Waals surface area contributed by atoms with Gasteiger partial charge in [0, 0.05) is 19.0 Å². The van der Waals surface area contributed by atoms with E-state index in [0.717, 1.165) is 0 Å². The SMILES string of the molecule is C=CC[C@@H](C(=O)O)N1CC(N)CC1=O. The Morgan fingerprint density at radius 2 is 2.50 bits per heavy atom. The van der Waals surface area contributed by atoms with Crippen molar-refractivity contribution in [2.24, 2.45) is 5.73 Å². The van der Waals surface area contributed by atoms with Gasteiger partial charge < -0.3 is 15.7 Å². The summed E-state index contributed by atoms with van der Waals surface area (Å²) < 4.78 is 0. The van der Waals surface area contributed by atoms with Crippen molar-refractivity contribution in [3.8, 4) is 0 Å². The summed E-state index contributed by atoms with van der Waals surface area (Å²) in [5.41, 5.74) is 5.57. The maximum absolute atomic E-state index is 11.4. The summed E-state index contributed by atoms with van der Waals surface area (Å²) in [7, 11) is 0. The van der Waals surface area contributed by atoms with Crippen LogP contribution in [0.25, 0.3) is 0 Å². The van der Waals surface area contributed by atoms with Crippen LogP contribution in [0.1, 0.15) is 12.8 Å². The number of hydrogen-bond acceptors (Lipinski definition) is 3. The molecule has 1 amide bonds. The van der Waals surface area contributed by atoms with Crippen LogP contribution in [-0.2, 0) is 9.59 Å². The van der Waals surface area contributed by atoms with Crippen LogP contribution in [0.15, 0.2) is 12.7 Å².